The van der Waals surface area contributed by atoms with Crippen LogP contribution in [-0.4, -0.2) is 195 Å². The van der Waals surface area contributed by atoms with Crippen molar-refractivity contribution >= 4 is 5.91 Å². The molecule has 4 rings (SSSR count). The zero-order valence-electron chi connectivity index (χ0n) is 26.7. The quantitative estimate of drug-likeness (QED) is 0.0841. The summed E-state index contributed by atoms with van der Waals surface area (Å²) in [6.07, 6.45) is -22.6. The van der Waals surface area contributed by atoms with Gasteiger partial charge in [-0.2, -0.15) is 0 Å². The number of nitrogens with two attached hydrogens (primary N) is 6. The van der Waals surface area contributed by atoms with E-state index in [4.69, 9.17) is 62.8 Å². The number of ether oxygens (including phenoxy) is 6. The highest BCUT2D eigenvalue weighted by molar-refractivity contribution is 5.81. The molecular formula is C27H53N7O15. The molecule has 0 aromatic heterocycles. The number of nitrogens with one attached hydrogen (secondary N) is 1. The Labute approximate surface area is 281 Å². The molecule has 3 heterocycles. The number of hydrogen-bond donors (Lipinski definition) is 15. The zero-order valence-corrected chi connectivity index (χ0v) is 26.7. The highest BCUT2D eigenvalue weighted by atomic mass is 16.8. The van der Waals surface area contributed by atoms with Crippen LogP contribution in [0.5, 0.6) is 0 Å². The molecule has 0 aromatic carbocycles. The van der Waals surface area contributed by atoms with E-state index in [0.29, 0.717) is 0 Å². The number of carbonyl (C=O) groups excluding carboxylic acids is 1. The van der Waals surface area contributed by atoms with Crippen LogP contribution in [-0.2, 0) is 33.2 Å². The van der Waals surface area contributed by atoms with Crippen LogP contribution in [0.2, 0.25) is 0 Å². The summed E-state index contributed by atoms with van der Waals surface area (Å²) < 4.78 is 35.1. The van der Waals surface area contributed by atoms with Crippen LogP contribution >= 0.6 is 0 Å². The van der Waals surface area contributed by atoms with Crippen LogP contribution in [0.25, 0.3) is 0 Å². The van der Waals surface area contributed by atoms with Crippen molar-refractivity contribution < 1.29 is 74.1 Å². The molecule has 21 N–H and O–H groups in total. The van der Waals surface area contributed by atoms with Gasteiger partial charge in [0.05, 0.1) is 36.9 Å². The third-order valence-electron chi connectivity index (χ3n) is 9.40. The molecule has 1 aliphatic carbocycles. The molecular weight excluding hydrogens is 662 g/mol. The van der Waals surface area contributed by atoms with Gasteiger partial charge < -0.3 is 109 Å². The van der Waals surface area contributed by atoms with Crippen molar-refractivity contribution in [1.29, 1.82) is 0 Å². The van der Waals surface area contributed by atoms with Crippen molar-refractivity contribution in [2.75, 3.05) is 26.2 Å². The summed E-state index contributed by atoms with van der Waals surface area (Å²) in [5, 5.41) is 86.4. The minimum Gasteiger partial charge on any atom is -0.394 e. The van der Waals surface area contributed by atoms with Crippen LogP contribution in [0, 0.1) is 0 Å². The van der Waals surface area contributed by atoms with E-state index in [9.17, 15) is 45.6 Å². The Morgan fingerprint density at radius 3 is 1.96 bits per heavy atom. The molecule has 3 saturated heterocycles. The lowest BCUT2D eigenvalue weighted by atomic mass is 9.83. The van der Waals surface area contributed by atoms with Gasteiger partial charge in [0.1, 0.15) is 61.0 Å². The third-order valence-corrected chi connectivity index (χ3v) is 9.40. The summed E-state index contributed by atoms with van der Waals surface area (Å²) in [5.74, 6) is -1.07. The fraction of sp³-hybridized carbons (Fsp3) is 0.963. The molecule has 4 aliphatic rings. The number of carbonyl (C=O) groups is 1. The van der Waals surface area contributed by atoms with Gasteiger partial charge in [-0.25, -0.2) is 0 Å². The van der Waals surface area contributed by atoms with E-state index in [1.807, 2.05) is 0 Å². The Hall–Kier alpha value is -1.33. The molecule has 4 fully saturated rings. The van der Waals surface area contributed by atoms with E-state index in [-0.39, 0.29) is 25.9 Å². The van der Waals surface area contributed by atoms with Crippen LogP contribution in [0.1, 0.15) is 12.8 Å². The third kappa shape index (κ3) is 8.83. The van der Waals surface area contributed by atoms with Crippen molar-refractivity contribution in [2.24, 2.45) is 34.4 Å². The second-order valence-electron chi connectivity index (χ2n) is 12.9. The second-order valence-corrected chi connectivity index (χ2v) is 12.9. The van der Waals surface area contributed by atoms with Gasteiger partial charge in [-0.15, -0.1) is 0 Å². The van der Waals surface area contributed by atoms with Crippen molar-refractivity contribution in [3.05, 3.63) is 0 Å². The summed E-state index contributed by atoms with van der Waals surface area (Å²) >= 11 is 0. The Bertz CT molecular complexity index is 1060. The number of aliphatic hydroxyl groups is 8. The lowest BCUT2D eigenvalue weighted by Gasteiger charge is -2.47. The SMILES string of the molecule is NC[C@@H]1C[C@@H](O)[C@@H](N)[C@@H](O[C@H]2[C@H](O[C@@H]3O[C@H](CO)[C@@H](O[C@H]4O[C@@H](CN)[C@@H](O)[C@H](O)[C@H]4N)[C@H]3O)[C@@H](O)[C@H](NC(=O)[C@@H](O)[C@@H](O)CN)C[C@@H]2N)O1. The molecule has 0 unspecified atom stereocenters. The summed E-state index contributed by atoms with van der Waals surface area (Å²) in [5.41, 5.74) is 35.3. The van der Waals surface area contributed by atoms with E-state index >= 15 is 0 Å². The fourth-order valence-corrected chi connectivity index (χ4v) is 6.37. The van der Waals surface area contributed by atoms with Crippen LogP contribution in [0.3, 0.4) is 0 Å². The molecule has 1 saturated carbocycles. The normalized spacial score (nSPS) is 47.5. The van der Waals surface area contributed by atoms with E-state index in [2.05, 4.69) is 5.32 Å². The van der Waals surface area contributed by atoms with Crippen LogP contribution in [0.15, 0.2) is 0 Å². The Morgan fingerprint density at radius 2 is 1.35 bits per heavy atom. The molecule has 1 amide bonds. The van der Waals surface area contributed by atoms with Crippen molar-refractivity contribution in [1.82, 2.24) is 5.32 Å². The maximum Gasteiger partial charge on any atom is 0.251 e. The Kier molecular flexibility index (Phi) is 14.4. The molecule has 0 radical (unpaired) electrons. The van der Waals surface area contributed by atoms with Crippen molar-refractivity contribution in [2.45, 2.75) is 135 Å². The maximum absolute atomic E-state index is 12.7. The van der Waals surface area contributed by atoms with Gasteiger partial charge >= 0.3 is 0 Å². The van der Waals surface area contributed by atoms with E-state index in [0.717, 1.165) is 0 Å². The van der Waals surface area contributed by atoms with Gasteiger partial charge in [0.25, 0.3) is 5.91 Å². The number of amides is 1. The molecule has 22 nitrogen and oxygen atoms in total. The lowest BCUT2D eigenvalue weighted by Crippen LogP contribution is -2.68. The van der Waals surface area contributed by atoms with E-state index in [1.54, 1.807) is 0 Å². The topological polar surface area (TPSA) is 402 Å². The molecule has 0 bridgehead atoms. The van der Waals surface area contributed by atoms with Crippen LogP contribution in [0.4, 0.5) is 0 Å². The lowest BCUT2D eigenvalue weighted by molar-refractivity contribution is -0.295. The summed E-state index contributed by atoms with van der Waals surface area (Å²) in [7, 11) is 0. The van der Waals surface area contributed by atoms with Crippen LogP contribution < -0.4 is 39.7 Å². The van der Waals surface area contributed by atoms with Gasteiger partial charge in [-0.1, -0.05) is 0 Å². The first-order valence-corrected chi connectivity index (χ1v) is 16.1. The molecule has 3 aliphatic heterocycles. The highest BCUT2D eigenvalue weighted by Crippen LogP contribution is 2.34. The van der Waals surface area contributed by atoms with E-state index in [1.165, 1.54) is 0 Å². The molecule has 49 heavy (non-hydrogen) atoms. The minimum atomic E-state index is -1.94. The minimum absolute atomic E-state index is 0.0242. The fourth-order valence-electron chi connectivity index (χ4n) is 6.37. The van der Waals surface area contributed by atoms with Gasteiger partial charge in [0, 0.05) is 32.1 Å². The first kappa shape index (κ1) is 40.4. The zero-order chi connectivity index (χ0) is 36.3. The second kappa shape index (κ2) is 17.5. The van der Waals surface area contributed by atoms with E-state index < -0.39 is 141 Å². The standard InChI is InChI=1S/C27H53N7O15/c28-3-7-1-10(36)14(32)25(44-7)47-21-8(31)2-9(34-24(43)17(39)11(37)4-29)16(38)23(21)49-27-20(42)22(13(6-35)46-27)48-26-15(33)19(41)18(40)12(5-30)45-26/h7-23,25-27,35-42H,1-6,28-33H2,(H,34,43)/t7-,8-,9+,10+,11-,12-,13+,14+,15+,16-,17-,18+,19+,20+,21+,22+,23+,25+,26+,27-/m0/s1. The average Bonchev–Trinajstić information content (AvgIpc) is 3.38. The highest BCUT2D eigenvalue weighted by Gasteiger charge is 2.54. The number of rotatable bonds is 13. The van der Waals surface area contributed by atoms with Gasteiger partial charge in [-0.3, -0.25) is 4.79 Å². The van der Waals surface area contributed by atoms with Crippen molar-refractivity contribution in [3.8, 4) is 0 Å². The molecule has 0 spiro atoms. The molecule has 20 atom stereocenters. The summed E-state index contributed by atoms with van der Waals surface area (Å²) in [4.78, 5) is 12.7. The molecule has 286 valence electrons. The Morgan fingerprint density at radius 1 is 0.735 bits per heavy atom. The Balaban J connectivity index is 1.57. The first-order chi connectivity index (χ1) is 23.2. The number of aliphatic hydroxyl groups excluding tert-OH is 8. The molecule has 0 aromatic rings. The number of hydrogen-bond acceptors (Lipinski definition) is 21. The summed E-state index contributed by atoms with van der Waals surface area (Å²) in [6, 6.07) is -4.65. The molecule has 22 heteroatoms. The smallest absolute Gasteiger partial charge is 0.251 e. The van der Waals surface area contributed by atoms with Gasteiger partial charge in [-0.05, 0) is 6.42 Å². The van der Waals surface area contributed by atoms with Crippen molar-refractivity contribution in [3.63, 3.8) is 0 Å². The first-order valence-electron chi connectivity index (χ1n) is 16.1. The van der Waals surface area contributed by atoms with Gasteiger partial charge in [0.15, 0.2) is 25.0 Å². The monoisotopic (exact) mass is 715 g/mol. The summed E-state index contributed by atoms with van der Waals surface area (Å²) in [6.45, 7) is -1.33. The van der Waals surface area contributed by atoms with Gasteiger partial charge in [0.2, 0.25) is 0 Å². The predicted molar refractivity (Wildman–Crippen MR) is 162 cm³/mol. The maximum atomic E-state index is 12.7. The predicted octanol–water partition coefficient (Wildman–Crippen LogP) is -10.0. The average molecular weight is 716 g/mol. The largest absolute Gasteiger partial charge is 0.394 e.